The Labute approximate surface area is 117 Å². The van der Waals surface area contributed by atoms with Crippen molar-refractivity contribution in [3.63, 3.8) is 0 Å². The van der Waals surface area contributed by atoms with Gasteiger partial charge in [-0.3, -0.25) is 0 Å². The summed E-state index contributed by atoms with van der Waals surface area (Å²) in [6.07, 6.45) is -4.68. The molecular formula is C16H21F3O. The lowest BCUT2D eigenvalue weighted by atomic mass is 9.98. The van der Waals surface area contributed by atoms with Gasteiger partial charge in [-0.15, -0.1) is 0 Å². The minimum Gasteiger partial charge on any atom is -0.392 e. The lowest BCUT2D eigenvalue weighted by molar-refractivity contribution is -0.137. The molecule has 1 aliphatic carbocycles. The average molecular weight is 286 g/mol. The topological polar surface area (TPSA) is 20.2 Å². The van der Waals surface area contributed by atoms with E-state index in [9.17, 15) is 18.3 Å². The fraction of sp³-hybridized carbons (Fsp3) is 0.625. The Morgan fingerprint density at radius 2 is 1.70 bits per heavy atom. The maximum absolute atomic E-state index is 12.7. The molecule has 0 radical (unpaired) electrons. The molecule has 0 saturated heterocycles. The number of benzene rings is 1. The zero-order chi connectivity index (χ0) is 15.3. The summed E-state index contributed by atoms with van der Waals surface area (Å²) in [6, 6.07) is 5.22. The normalized spacial score (nSPS) is 22.6. The van der Waals surface area contributed by atoms with Crippen molar-refractivity contribution in [2.24, 2.45) is 16.7 Å². The molecule has 1 atom stereocenters. The van der Waals surface area contributed by atoms with Crippen LogP contribution in [0, 0.1) is 16.7 Å². The highest BCUT2D eigenvalue weighted by molar-refractivity contribution is 5.27. The highest BCUT2D eigenvalue weighted by Crippen LogP contribution is 2.69. The lowest BCUT2D eigenvalue weighted by Gasteiger charge is -2.14. The second-order valence-corrected chi connectivity index (χ2v) is 6.89. The summed E-state index contributed by atoms with van der Waals surface area (Å²) in [5, 5.41) is 10.3. The van der Waals surface area contributed by atoms with Crippen LogP contribution >= 0.6 is 0 Å². The number of halogens is 3. The minimum absolute atomic E-state index is 0.0219. The molecule has 1 aromatic rings. The zero-order valence-electron chi connectivity index (χ0n) is 12.3. The third-order valence-corrected chi connectivity index (χ3v) is 5.22. The average Bonchev–Trinajstić information content (AvgIpc) is 2.68. The van der Waals surface area contributed by atoms with E-state index in [1.807, 2.05) is 0 Å². The van der Waals surface area contributed by atoms with Gasteiger partial charge in [0.15, 0.2) is 0 Å². The van der Waals surface area contributed by atoms with E-state index < -0.39 is 17.8 Å². The first-order valence-electron chi connectivity index (χ1n) is 6.82. The first-order valence-corrected chi connectivity index (χ1v) is 6.82. The summed E-state index contributed by atoms with van der Waals surface area (Å²) in [5.74, 6) is 0.115. The number of hydrogen-bond acceptors (Lipinski definition) is 1. The van der Waals surface area contributed by atoms with Crippen LogP contribution in [0.3, 0.4) is 0 Å². The summed E-state index contributed by atoms with van der Waals surface area (Å²) < 4.78 is 38.0. The summed E-state index contributed by atoms with van der Waals surface area (Å²) >= 11 is 0. The van der Waals surface area contributed by atoms with Gasteiger partial charge in [0.25, 0.3) is 0 Å². The van der Waals surface area contributed by atoms with Crippen LogP contribution in [-0.4, -0.2) is 11.2 Å². The van der Waals surface area contributed by atoms with E-state index >= 15 is 0 Å². The molecule has 0 heterocycles. The largest absolute Gasteiger partial charge is 0.416 e. The molecule has 1 fully saturated rings. The summed E-state index contributed by atoms with van der Waals surface area (Å²) in [5.41, 5.74) is -0.0791. The summed E-state index contributed by atoms with van der Waals surface area (Å²) in [6.45, 7) is 8.36. The highest BCUT2D eigenvalue weighted by Gasteiger charge is 2.66. The SMILES string of the molecule is CC1(C)C(C(O)Cc2cccc(C(F)(F)F)c2)C1(C)C. The molecule has 1 saturated carbocycles. The smallest absolute Gasteiger partial charge is 0.392 e. The molecule has 4 heteroatoms. The van der Waals surface area contributed by atoms with Crippen LogP contribution in [0.4, 0.5) is 13.2 Å². The van der Waals surface area contributed by atoms with Gasteiger partial charge >= 0.3 is 6.18 Å². The van der Waals surface area contributed by atoms with Crippen LogP contribution in [0.1, 0.15) is 38.8 Å². The molecule has 1 nitrogen and oxygen atoms in total. The van der Waals surface area contributed by atoms with Crippen molar-refractivity contribution in [3.05, 3.63) is 35.4 Å². The predicted molar refractivity (Wildman–Crippen MR) is 72.2 cm³/mol. The van der Waals surface area contributed by atoms with Gasteiger partial charge in [0.05, 0.1) is 11.7 Å². The molecule has 2 rings (SSSR count). The molecule has 1 aliphatic rings. The number of hydrogen-bond donors (Lipinski definition) is 1. The zero-order valence-corrected chi connectivity index (χ0v) is 12.3. The molecule has 1 aromatic carbocycles. The first kappa shape index (κ1) is 15.4. The van der Waals surface area contributed by atoms with Gasteiger partial charge in [0.1, 0.15) is 0 Å². The van der Waals surface area contributed by atoms with E-state index in [4.69, 9.17) is 0 Å². The minimum atomic E-state index is -4.33. The van der Waals surface area contributed by atoms with Crippen molar-refractivity contribution in [1.82, 2.24) is 0 Å². The van der Waals surface area contributed by atoms with Crippen molar-refractivity contribution in [1.29, 1.82) is 0 Å². The Morgan fingerprint density at radius 1 is 1.15 bits per heavy atom. The van der Waals surface area contributed by atoms with Gasteiger partial charge in [-0.05, 0) is 34.8 Å². The Hall–Kier alpha value is -1.03. The van der Waals surface area contributed by atoms with Crippen molar-refractivity contribution in [2.45, 2.75) is 46.4 Å². The van der Waals surface area contributed by atoms with Crippen LogP contribution < -0.4 is 0 Å². The Bertz CT molecular complexity index is 489. The van der Waals surface area contributed by atoms with E-state index in [1.165, 1.54) is 6.07 Å². The molecule has 0 aromatic heterocycles. The van der Waals surface area contributed by atoms with E-state index in [-0.39, 0.29) is 23.2 Å². The van der Waals surface area contributed by atoms with Crippen LogP contribution in [0.15, 0.2) is 24.3 Å². The Kier molecular flexibility index (Phi) is 3.44. The van der Waals surface area contributed by atoms with Crippen LogP contribution in [0.25, 0.3) is 0 Å². The van der Waals surface area contributed by atoms with Gasteiger partial charge in [-0.1, -0.05) is 45.9 Å². The van der Waals surface area contributed by atoms with Crippen LogP contribution in [0.5, 0.6) is 0 Å². The fourth-order valence-corrected chi connectivity index (χ4v) is 3.44. The Morgan fingerprint density at radius 3 is 2.15 bits per heavy atom. The third-order valence-electron chi connectivity index (χ3n) is 5.22. The second kappa shape index (κ2) is 4.48. The number of alkyl halides is 3. The maximum atomic E-state index is 12.7. The number of rotatable bonds is 3. The van der Waals surface area contributed by atoms with Crippen molar-refractivity contribution in [3.8, 4) is 0 Å². The fourth-order valence-electron chi connectivity index (χ4n) is 3.44. The molecule has 0 spiro atoms. The first-order chi connectivity index (χ1) is 8.98. The number of aliphatic hydroxyl groups is 1. The van der Waals surface area contributed by atoms with Gasteiger partial charge in [0.2, 0.25) is 0 Å². The Balaban J connectivity index is 2.12. The van der Waals surface area contributed by atoms with Crippen LogP contribution in [-0.2, 0) is 12.6 Å². The van der Waals surface area contributed by atoms with Gasteiger partial charge < -0.3 is 5.11 Å². The molecule has 1 unspecified atom stereocenters. The van der Waals surface area contributed by atoms with E-state index in [0.29, 0.717) is 5.56 Å². The van der Waals surface area contributed by atoms with Crippen molar-refractivity contribution < 1.29 is 18.3 Å². The van der Waals surface area contributed by atoms with E-state index in [0.717, 1.165) is 12.1 Å². The van der Waals surface area contributed by atoms with Gasteiger partial charge in [0, 0.05) is 0 Å². The molecule has 20 heavy (non-hydrogen) atoms. The second-order valence-electron chi connectivity index (χ2n) is 6.89. The molecule has 0 bridgehead atoms. The van der Waals surface area contributed by atoms with E-state index in [2.05, 4.69) is 27.7 Å². The standard InChI is InChI=1S/C16H21F3O/c1-14(2)13(15(14,3)4)12(20)9-10-6-5-7-11(8-10)16(17,18)19/h5-8,12-13,20H,9H2,1-4H3. The molecule has 0 amide bonds. The predicted octanol–water partition coefficient (Wildman–Crippen LogP) is 4.29. The molecular weight excluding hydrogens is 265 g/mol. The van der Waals surface area contributed by atoms with Crippen molar-refractivity contribution in [2.75, 3.05) is 0 Å². The third kappa shape index (κ3) is 2.46. The molecule has 112 valence electrons. The molecule has 1 N–H and O–H groups in total. The van der Waals surface area contributed by atoms with Gasteiger partial charge in [-0.25, -0.2) is 0 Å². The van der Waals surface area contributed by atoms with Crippen LogP contribution in [0.2, 0.25) is 0 Å². The maximum Gasteiger partial charge on any atom is 0.416 e. The van der Waals surface area contributed by atoms with E-state index in [1.54, 1.807) is 6.07 Å². The monoisotopic (exact) mass is 286 g/mol. The summed E-state index contributed by atoms with van der Waals surface area (Å²) in [4.78, 5) is 0. The lowest BCUT2D eigenvalue weighted by Crippen LogP contribution is -2.18. The number of aliphatic hydroxyl groups excluding tert-OH is 1. The summed E-state index contributed by atoms with van der Waals surface area (Å²) in [7, 11) is 0. The van der Waals surface area contributed by atoms with Crippen molar-refractivity contribution >= 4 is 0 Å². The quantitative estimate of drug-likeness (QED) is 0.878. The highest BCUT2D eigenvalue weighted by atomic mass is 19.4. The van der Waals surface area contributed by atoms with Gasteiger partial charge in [-0.2, -0.15) is 13.2 Å². The molecule has 0 aliphatic heterocycles.